The highest BCUT2D eigenvalue weighted by Crippen LogP contribution is 2.44. The number of methoxy groups -OCH3 is 1. The average Bonchev–Trinajstić information content (AvgIpc) is 2.48. The topological polar surface area (TPSA) is 48.4 Å². The Morgan fingerprint density at radius 1 is 1.29 bits per heavy atom. The van der Waals surface area contributed by atoms with Crippen molar-refractivity contribution in [1.82, 2.24) is 4.98 Å². The molecule has 0 bridgehead atoms. The molecule has 0 saturated carbocycles. The Bertz CT molecular complexity index is 452. The molecule has 0 radical (unpaired) electrons. The molecule has 0 saturated heterocycles. The van der Waals surface area contributed by atoms with Crippen molar-refractivity contribution < 1.29 is 14.0 Å². The zero-order chi connectivity index (χ0) is 16.1. The first-order chi connectivity index (χ1) is 9.81. The molecule has 4 nitrogen and oxygen atoms in total. The van der Waals surface area contributed by atoms with Crippen molar-refractivity contribution in [2.75, 3.05) is 7.11 Å². The molecule has 118 valence electrons. The lowest BCUT2D eigenvalue weighted by Gasteiger charge is -2.42. The summed E-state index contributed by atoms with van der Waals surface area (Å²) in [6, 6.07) is 7.40. The molecule has 21 heavy (non-hydrogen) atoms. The first-order valence-corrected chi connectivity index (χ1v) is 9.80. The quantitative estimate of drug-likeness (QED) is 0.586. The van der Waals surface area contributed by atoms with Crippen molar-refractivity contribution in [3.05, 3.63) is 30.1 Å². The summed E-state index contributed by atoms with van der Waals surface area (Å²) < 4.78 is 11.4. The van der Waals surface area contributed by atoms with Gasteiger partial charge in [-0.1, -0.05) is 40.7 Å². The second kappa shape index (κ2) is 7.18. The summed E-state index contributed by atoms with van der Waals surface area (Å²) in [7, 11) is -0.722. The number of hydrogen-bond acceptors (Lipinski definition) is 4. The third-order valence-electron chi connectivity index (χ3n) is 4.22. The maximum Gasteiger partial charge on any atom is 0.340 e. The third kappa shape index (κ3) is 3.92. The SMILES string of the molecule is CC[Si](CC)(OC(C(=O)OC)c1ccccn1)C(C)(C)C. The van der Waals surface area contributed by atoms with E-state index < -0.39 is 14.4 Å². The number of pyridine rings is 1. The Morgan fingerprint density at radius 3 is 2.29 bits per heavy atom. The largest absolute Gasteiger partial charge is 0.467 e. The van der Waals surface area contributed by atoms with Crippen LogP contribution in [0.15, 0.2) is 24.4 Å². The van der Waals surface area contributed by atoms with Crippen LogP contribution >= 0.6 is 0 Å². The zero-order valence-electron chi connectivity index (χ0n) is 14.0. The third-order valence-corrected chi connectivity index (χ3v) is 9.93. The number of nitrogens with zero attached hydrogens (tertiary/aromatic N) is 1. The number of hydrogen-bond donors (Lipinski definition) is 0. The molecule has 1 unspecified atom stereocenters. The number of rotatable bonds is 6. The van der Waals surface area contributed by atoms with Gasteiger partial charge in [0.1, 0.15) is 0 Å². The molecule has 5 heteroatoms. The van der Waals surface area contributed by atoms with Crippen molar-refractivity contribution >= 4 is 14.3 Å². The summed E-state index contributed by atoms with van der Waals surface area (Å²) in [4.78, 5) is 16.5. The van der Waals surface area contributed by atoms with Crippen LogP contribution < -0.4 is 0 Å². The molecule has 0 aliphatic heterocycles. The average molecular weight is 309 g/mol. The standard InChI is InChI=1S/C16H27NO3Si/c1-7-21(8-2,16(3,4)5)20-14(15(18)19-6)13-11-9-10-12-17-13/h9-12,14H,7-8H2,1-6H3. The van der Waals surface area contributed by atoms with Gasteiger partial charge in [0.15, 0.2) is 14.4 Å². The first-order valence-electron chi connectivity index (χ1n) is 7.48. The minimum absolute atomic E-state index is 0.0392. The Labute approximate surface area is 129 Å². The maximum absolute atomic E-state index is 12.2. The second-order valence-corrected chi connectivity index (χ2v) is 11.4. The van der Waals surface area contributed by atoms with Crippen molar-refractivity contribution in [2.45, 2.75) is 57.8 Å². The van der Waals surface area contributed by atoms with Gasteiger partial charge in [-0.2, -0.15) is 0 Å². The van der Waals surface area contributed by atoms with E-state index in [1.807, 2.05) is 18.2 Å². The number of esters is 1. The van der Waals surface area contributed by atoms with Gasteiger partial charge in [-0.3, -0.25) is 4.98 Å². The van der Waals surface area contributed by atoms with Gasteiger partial charge in [-0.25, -0.2) is 4.79 Å². The van der Waals surface area contributed by atoms with Crippen molar-refractivity contribution in [3.8, 4) is 0 Å². The van der Waals surface area contributed by atoms with E-state index in [1.165, 1.54) is 7.11 Å². The molecule has 0 N–H and O–H groups in total. The van der Waals surface area contributed by atoms with Crippen LogP contribution in [0.25, 0.3) is 0 Å². The van der Waals surface area contributed by atoms with Gasteiger partial charge in [0.2, 0.25) is 0 Å². The van der Waals surface area contributed by atoms with E-state index >= 15 is 0 Å². The summed E-state index contributed by atoms with van der Waals surface area (Å²) in [5.74, 6) is -0.378. The molecular weight excluding hydrogens is 282 g/mol. The fraction of sp³-hybridized carbons (Fsp3) is 0.625. The van der Waals surface area contributed by atoms with Crippen molar-refractivity contribution in [3.63, 3.8) is 0 Å². The Balaban J connectivity index is 3.19. The Hall–Kier alpha value is -1.20. The van der Waals surface area contributed by atoms with Crippen LogP contribution in [0.4, 0.5) is 0 Å². The zero-order valence-corrected chi connectivity index (χ0v) is 15.0. The predicted molar refractivity (Wildman–Crippen MR) is 86.5 cm³/mol. The van der Waals surface area contributed by atoms with Crippen LogP contribution in [0, 0.1) is 0 Å². The summed E-state index contributed by atoms with van der Waals surface area (Å²) in [5.41, 5.74) is 0.618. The van der Waals surface area contributed by atoms with Crippen LogP contribution in [0.2, 0.25) is 17.1 Å². The lowest BCUT2D eigenvalue weighted by molar-refractivity contribution is -0.150. The highest BCUT2D eigenvalue weighted by molar-refractivity contribution is 6.76. The second-order valence-electron chi connectivity index (χ2n) is 6.23. The van der Waals surface area contributed by atoms with Gasteiger partial charge in [0.25, 0.3) is 0 Å². The Morgan fingerprint density at radius 2 is 1.90 bits per heavy atom. The molecule has 1 atom stereocenters. The van der Waals surface area contributed by atoms with Crippen LogP contribution in [-0.4, -0.2) is 26.4 Å². The molecule has 0 amide bonds. The number of ether oxygens (including phenoxy) is 1. The molecule has 1 aromatic heterocycles. The molecule has 1 aromatic rings. The summed E-state index contributed by atoms with van der Waals surface area (Å²) in [5, 5.41) is 0.0392. The van der Waals surface area contributed by atoms with E-state index in [2.05, 4.69) is 39.6 Å². The number of carbonyl (C=O) groups is 1. The minimum Gasteiger partial charge on any atom is -0.467 e. The molecule has 0 aliphatic carbocycles. The normalized spacial score (nSPS) is 13.8. The summed E-state index contributed by atoms with van der Waals surface area (Å²) >= 11 is 0. The molecule has 1 rings (SSSR count). The molecule has 0 aliphatic rings. The first kappa shape index (κ1) is 17.8. The van der Waals surface area contributed by atoms with Gasteiger partial charge in [0, 0.05) is 6.20 Å². The van der Waals surface area contributed by atoms with Crippen LogP contribution in [0.1, 0.15) is 46.4 Å². The van der Waals surface area contributed by atoms with Gasteiger partial charge >= 0.3 is 5.97 Å². The van der Waals surface area contributed by atoms with Crippen molar-refractivity contribution in [2.24, 2.45) is 0 Å². The highest BCUT2D eigenvalue weighted by atomic mass is 28.4. The fourth-order valence-corrected chi connectivity index (χ4v) is 6.72. The van der Waals surface area contributed by atoms with E-state index in [1.54, 1.807) is 6.20 Å². The molecular formula is C16H27NO3Si. The van der Waals surface area contributed by atoms with Gasteiger partial charge in [0.05, 0.1) is 12.8 Å². The van der Waals surface area contributed by atoms with Crippen LogP contribution in [-0.2, 0) is 14.0 Å². The fourth-order valence-electron chi connectivity index (χ4n) is 2.75. The summed E-state index contributed by atoms with van der Waals surface area (Å²) in [6.07, 6.45) is 0.939. The molecule has 0 fully saturated rings. The van der Waals surface area contributed by atoms with E-state index in [0.29, 0.717) is 5.69 Å². The number of aromatic nitrogens is 1. The van der Waals surface area contributed by atoms with E-state index in [-0.39, 0.29) is 11.0 Å². The van der Waals surface area contributed by atoms with Crippen LogP contribution in [0.3, 0.4) is 0 Å². The van der Waals surface area contributed by atoms with Crippen LogP contribution in [0.5, 0.6) is 0 Å². The number of carbonyl (C=O) groups excluding carboxylic acids is 1. The maximum atomic E-state index is 12.2. The van der Waals surface area contributed by atoms with E-state index in [0.717, 1.165) is 12.1 Å². The van der Waals surface area contributed by atoms with Gasteiger partial charge in [-0.05, 0) is 29.3 Å². The highest BCUT2D eigenvalue weighted by Gasteiger charge is 2.47. The smallest absolute Gasteiger partial charge is 0.340 e. The van der Waals surface area contributed by atoms with Crippen molar-refractivity contribution in [1.29, 1.82) is 0 Å². The van der Waals surface area contributed by atoms with Gasteiger partial charge < -0.3 is 9.16 Å². The van der Waals surface area contributed by atoms with E-state index in [4.69, 9.17) is 9.16 Å². The van der Waals surface area contributed by atoms with Gasteiger partial charge in [-0.15, -0.1) is 0 Å². The van der Waals surface area contributed by atoms with E-state index in [9.17, 15) is 4.79 Å². The lowest BCUT2D eigenvalue weighted by atomic mass is 10.2. The molecule has 0 aromatic carbocycles. The molecule has 1 heterocycles. The molecule has 0 spiro atoms. The summed E-state index contributed by atoms with van der Waals surface area (Å²) in [6.45, 7) is 10.9. The minimum atomic E-state index is -2.11. The monoisotopic (exact) mass is 309 g/mol. The predicted octanol–water partition coefficient (Wildman–Crippen LogP) is 4.10. The Kier molecular flexibility index (Phi) is 6.10. The lowest BCUT2D eigenvalue weighted by Crippen LogP contribution is -2.48.